The van der Waals surface area contributed by atoms with Crippen molar-refractivity contribution in [2.75, 3.05) is 11.1 Å². The van der Waals surface area contributed by atoms with Gasteiger partial charge in [-0.25, -0.2) is 0 Å². The molecule has 0 aliphatic carbocycles. The molecule has 0 radical (unpaired) electrons. The summed E-state index contributed by atoms with van der Waals surface area (Å²) in [6.45, 7) is -0.126. The molecule has 1 aromatic carbocycles. The van der Waals surface area contributed by atoms with Gasteiger partial charge in [-0.1, -0.05) is 11.6 Å². The fourth-order valence-corrected chi connectivity index (χ4v) is 3.11. The second-order valence-electron chi connectivity index (χ2n) is 4.22. The molecule has 2 rings (SSSR count). The summed E-state index contributed by atoms with van der Waals surface area (Å²) in [5, 5.41) is 3.12. The van der Waals surface area contributed by atoms with E-state index in [1.807, 2.05) is 0 Å². The largest absolute Gasteiger partial charge is 0.397 e. The molecule has 0 fully saturated rings. The van der Waals surface area contributed by atoms with E-state index in [2.05, 4.69) is 37.2 Å². The first-order valence-electron chi connectivity index (χ1n) is 5.77. The topological polar surface area (TPSA) is 77.1 Å². The zero-order chi connectivity index (χ0) is 15.6. The molecule has 5 nitrogen and oxygen atoms in total. The average molecular weight is 436 g/mol. The molecule has 8 heteroatoms. The highest BCUT2D eigenvalue weighted by Crippen LogP contribution is 2.22. The lowest BCUT2D eigenvalue weighted by molar-refractivity contribution is -0.116. The van der Waals surface area contributed by atoms with Crippen LogP contribution in [0.1, 0.15) is 0 Å². The Kier molecular flexibility index (Phi) is 5.08. The van der Waals surface area contributed by atoms with Crippen LogP contribution in [0.5, 0.6) is 0 Å². The number of hydrogen-bond acceptors (Lipinski definition) is 3. The summed E-state index contributed by atoms with van der Waals surface area (Å²) >= 11 is 12.2. The molecule has 0 saturated carbocycles. The smallest absolute Gasteiger partial charge is 0.265 e. The zero-order valence-electron chi connectivity index (χ0n) is 10.6. The van der Waals surface area contributed by atoms with Crippen LogP contribution in [-0.2, 0) is 11.3 Å². The van der Waals surface area contributed by atoms with Gasteiger partial charge in [-0.05, 0) is 56.1 Å². The Balaban J connectivity index is 2.17. The summed E-state index contributed by atoms with van der Waals surface area (Å²) in [5.74, 6) is -0.365. The molecule has 21 heavy (non-hydrogen) atoms. The Bertz CT molecular complexity index is 762. The number of pyridine rings is 1. The number of hydrogen-bond donors (Lipinski definition) is 2. The molecule has 1 amide bonds. The van der Waals surface area contributed by atoms with Gasteiger partial charge in [0.2, 0.25) is 5.91 Å². The monoisotopic (exact) mass is 433 g/mol. The van der Waals surface area contributed by atoms with Crippen LogP contribution in [0.4, 0.5) is 11.4 Å². The Labute approximate surface area is 142 Å². The number of halogens is 3. The van der Waals surface area contributed by atoms with Crippen LogP contribution in [0.25, 0.3) is 0 Å². The van der Waals surface area contributed by atoms with Crippen LogP contribution in [0.3, 0.4) is 0 Å². The SMILES string of the molecule is Nc1cc(Cl)ccc1NC(=O)Cn1cc(Br)cc(Br)c1=O. The normalized spacial score (nSPS) is 10.4. The fourth-order valence-electron chi connectivity index (χ4n) is 1.67. The molecule has 1 aromatic heterocycles. The third-order valence-corrected chi connectivity index (χ3v) is 3.85. The summed E-state index contributed by atoms with van der Waals surface area (Å²) in [4.78, 5) is 23.9. The third-order valence-electron chi connectivity index (χ3n) is 2.61. The third kappa shape index (κ3) is 4.09. The van der Waals surface area contributed by atoms with Crippen LogP contribution in [0, 0.1) is 0 Å². The Morgan fingerprint density at radius 2 is 2.05 bits per heavy atom. The second-order valence-corrected chi connectivity index (χ2v) is 6.43. The molecule has 1 heterocycles. The van der Waals surface area contributed by atoms with E-state index in [0.29, 0.717) is 25.3 Å². The van der Waals surface area contributed by atoms with Crippen molar-refractivity contribution >= 4 is 60.7 Å². The number of benzene rings is 1. The summed E-state index contributed by atoms with van der Waals surface area (Å²) in [6.07, 6.45) is 1.54. The number of carbonyl (C=O) groups excluding carboxylic acids is 1. The Morgan fingerprint density at radius 1 is 1.33 bits per heavy atom. The van der Waals surface area contributed by atoms with E-state index in [4.69, 9.17) is 17.3 Å². The van der Waals surface area contributed by atoms with E-state index in [1.165, 1.54) is 10.8 Å². The molecule has 0 saturated heterocycles. The van der Waals surface area contributed by atoms with Crippen molar-refractivity contribution in [3.05, 3.63) is 54.8 Å². The van der Waals surface area contributed by atoms with Gasteiger partial charge in [0.15, 0.2) is 0 Å². The number of amides is 1. The van der Waals surface area contributed by atoms with E-state index >= 15 is 0 Å². The molecule has 3 N–H and O–H groups in total. The number of nitrogens with one attached hydrogen (secondary N) is 1. The minimum atomic E-state index is -0.365. The molecule has 110 valence electrons. The van der Waals surface area contributed by atoms with E-state index in [0.717, 1.165) is 0 Å². The summed E-state index contributed by atoms with van der Waals surface area (Å²) in [7, 11) is 0. The first-order chi connectivity index (χ1) is 9.86. The molecule has 0 aliphatic heterocycles. The lowest BCUT2D eigenvalue weighted by Crippen LogP contribution is -2.27. The summed E-state index contributed by atoms with van der Waals surface area (Å²) < 4.78 is 2.35. The maximum Gasteiger partial charge on any atom is 0.265 e. The molecular weight excluding hydrogens is 425 g/mol. The second kappa shape index (κ2) is 6.64. The fraction of sp³-hybridized carbons (Fsp3) is 0.0769. The Morgan fingerprint density at radius 3 is 2.71 bits per heavy atom. The lowest BCUT2D eigenvalue weighted by Gasteiger charge is -2.10. The van der Waals surface area contributed by atoms with Crippen LogP contribution >= 0.6 is 43.5 Å². The maximum atomic E-state index is 12.0. The minimum absolute atomic E-state index is 0.126. The number of carbonyl (C=O) groups is 1. The highest BCUT2D eigenvalue weighted by Gasteiger charge is 2.10. The van der Waals surface area contributed by atoms with Gasteiger partial charge in [0.1, 0.15) is 6.54 Å². The average Bonchev–Trinajstić information content (AvgIpc) is 2.38. The molecular formula is C13H10Br2ClN3O2. The first-order valence-corrected chi connectivity index (χ1v) is 7.73. The Hall–Kier alpha value is -1.31. The molecule has 0 unspecified atom stereocenters. The highest BCUT2D eigenvalue weighted by molar-refractivity contribution is 9.11. The van der Waals surface area contributed by atoms with Gasteiger partial charge in [-0.2, -0.15) is 0 Å². The van der Waals surface area contributed by atoms with Gasteiger partial charge in [0.05, 0.1) is 15.8 Å². The van der Waals surface area contributed by atoms with Crippen molar-refractivity contribution in [2.45, 2.75) is 6.54 Å². The van der Waals surface area contributed by atoms with E-state index < -0.39 is 0 Å². The number of rotatable bonds is 3. The predicted molar refractivity (Wildman–Crippen MR) is 90.6 cm³/mol. The van der Waals surface area contributed by atoms with Crippen LogP contribution in [-0.4, -0.2) is 10.5 Å². The zero-order valence-corrected chi connectivity index (χ0v) is 14.5. The number of nitrogen functional groups attached to an aromatic ring is 1. The van der Waals surface area contributed by atoms with E-state index in [-0.39, 0.29) is 18.0 Å². The quantitative estimate of drug-likeness (QED) is 0.727. The molecule has 0 bridgehead atoms. The number of aromatic nitrogens is 1. The van der Waals surface area contributed by atoms with Crippen molar-refractivity contribution in [2.24, 2.45) is 0 Å². The molecule has 0 spiro atoms. The molecule has 0 aliphatic rings. The van der Waals surface area contributed by atoms with Gasteiger partial charge in [-0.15, -0.1) is 0 Å². The van der Waals surface area contributed by atoms with Crippen LogP contribution < -0.4 is 16.6 Å². The van der Waals surface area contributed by atoms with Crippen molar-refractivity contribution in [1.29, 1.82) is 0 Å². The van der Waals surface area contributed by atoms with Crippen molar-refractivity contribution in [3.8, 4) is 0 Å². The highest BCUT2D eigenvalue weighted by atomic mass is 79.9. The number of nitrogens with two attached hydrogens (primary N) is 1. The van der Waals surface area contributed by atoms with Gasteiger partial charge in [0.25, 0.3) is 5.56 Å². The van der Waals surface area contributed by atoms with Crippen molar-refractivity contribution in [1.82, 2.24) is 4.57 Å². The minimum Gasteiger partial charge on any atom is -0.397 e. The lowest BCUT2D eigenvalue weighted by atomic mass is 10.2. The summed E-state index contributed by atoms with van der Waals surface area (Å²) in [6, 6.07) is 6.39. The number of nitrogens with zero attached hydrogens (tertiary/aromatic N) is 1. The molecule has 2 aromatic rings. The van der Waals surface area contributed by atoms with Crippen LogP contribution in [0.15, 0.2) is 44.2 Å². The maximum absolute atomic E-state index is 12.0. The standard InChI is InChI=1S/C13H10Br2ClN3O2/c14-7-3-9(15)13(21)19(5-7)6-12(20)18-11-2-1-8(16)4-10(11)17/h1-5H,6,17H2,(H,18,20). The number of anilines is 2. The van der Waals surface area contributed by atoms with Gasteiger partial charge in [-0.3, -0.25) is 9.59 Å². The van der Waals surface area contributed by atoms with Gasteiger partial charge < -0.3 is 15.6 Å². The van der Waals surface area contributed by atoms with E-state index in [9.17, 15) is 9.59 Å². The van der Waals surface area contributed by atoms with Gasteiger partial charge >= 0.3 is 0 Å². The van der Waals surface area contributed by atoms with Crippen molar-refractivity contribution < 1.29 is 4.79 Å². The van der Waals surface area contributed by atoms with Gasteiger partial charge in [0, 0.05) is 15.7 Å². The predicted octanol–water partition coefficient (Wildman–Crippen LogP) is 3.25. The van der Waals surface area contributed by atoms with Crippen molar-refractivity contribution in [3.63, 3.8) is 0 Å². The molecule has 0 atom stereocenters. The first kappa shape index (κ1) is 16.1. The summed E-state index contributed by atoms with van der Waals surface area (Å²) in [5.41, 5.74) is 6.27. The van der Waals surface area contributed by atoms with E-state index in [1.54, 1.807) is 24.3 Å². The van der Waals surface area contributed by atoms with Crippen LogP contribution in [0.2, 0.25) is 5.02 Å².